The van der Waals surface area contributed by atoms with Crippen molar-refractivity contribution in [3.8, 4) is 17.0 Å². The Balaban J connectivity index is 1.39. The van der Waals surface area contributed by atoms with Crippen molar-refractivity contribution in [2.45, 2.75) is 13.5 Å². The summed E-state index contributed by atoms with van der Waals surface area (Å²) in [4.78, 5) is 31.5. The van der Waals surface area contributed by atoms with Crippen LogP contribution in [0.25, 0.3) is 11.3 Å². The fourth-order valence-electron chi connectivity index (χ4n) is 3.64. The fourth-order valence-corrected chi connectivity index (χ4v) is 4.35. The van der Waals surface area contributed by atoms with E-state index < -0.39 is 0 Å². The third-order valence-corrected chi connectivity index (χ3v) is 6.18. The van der Waals surface area contributed by atoms with Gasteiger partial charge in [-0.1, -0.05) is 48.0 Å². The van der Waals surface area contributed by atoms with Crippen molar-refractivity contribution in [2.75, 3.05) is 16.8 Å². The second-order valence-electron chi connectivity index (χ2n) is 7.79. The van der Waals surface area contributed by atoms with Gasteiger partial charge in [-0.2, -0.15) is 0 Å². The van der Waals surface area contributed by atoms with Crippen LogP contribution in [0.3, 0.4) is 0 Å². The molecule has 2 heterocycles. The number of carbonyl (C=O) groups is 2. The van der Waals surface area contributed by atoms with Crippen LogP contribution in [0.1, 0.15) is 21.5 Å². The number of ether oxygens (including phenoxy) is 1. The number of aromatic nitrogens is 1. The molecule has 164 valence electrons. The topological polar surface area (TPSA) is 71.5 Å². The van der Waals surface area contributed by atoms with E-state index >= 15 is 0 Å². The lowest BCUT2D eigenvalue weighted by molar-refractivity contribution is -0.121. The van der Waals surface area contributed by atoms with E-state index in [1.807, 2.05) is 73.0 Å². The van der Waals surface area contributed by atoms with E-state index in [-0.39, 0.29) is 18.4 Å². The van der Waals surface area contributed by atoms with E-state index in [0.717, 1.165) is 22.4 Å². The van der Waals surface area contributed by atoms with Crippen molar-refractivity contribution < 1.29 is 14.3 Å². The van der Waals surface area contributed by atoms with Gasteiger partial charge in [-0.05, 0) is 42.8 Å². The van der Waals surface area contributed by atoms with Crippen molar-refractivity contribution in [3.63, 3.8) is 0 Å². The standard InChI is InChI=1S/C26H21N3O3S/c1-17-7-9-19(10-8-17)25(31)28-26-27-21(16-33-26)20-11-12-23-22(13-20)29(24(30)15-32-23)14-18-5-3-2-4-6-18/h2-13,16H,14-15H2,1H3,(H,27,28,31). The summed E-state index contributed by atoms with van der Waals surface area (Å²) >= 11 is 1.36. The quantitative estimate of drug-likeness (QED) is 0.444. The summed E-state index contributed by atoms with van der Waals surface area (Å²) < 4.78 is 5.64. The van der Waals surface area contributed by atoms with E-state index in [0.29, 0.717) is 28.7 Å². The molecule has 0 unspecified atom stereocenters. The monoisotopic (exact) mass is 455 g/mol. The molecule has 0 bridgehead atoms. The Morgan fingerprint density at radius 2 is 1.88 bits per heavy atom. The Bertz CT molecular complexity index is 1320. The molecule has 0 saturated carbocycles. The summed E-state index contributed by atoms with van der Waals surface area (Å²) in [5, 5.41) is 5.26. The van der Waals surface area contributed by atoms with E-state index in [2.05, 4.69) is 10.3 Å². The molecule has 0 spiro atoms. The zero-order valence-corrected chi connectivity index (χ0v) is 18.8. The van der Waals surface area contributed by atoms with Gasteiger partial charge >= 0.3 is 0 Å². The van der Waals surface area contributed by atoms with Crippen LogP contribution >= 0.6 is 11.3 Å². The van der Waals surface area contributed by atoms with Gasteiger partial charge in [0.05, 0.1) is 17.9 Å². The molecule has 1 N–H and O–H groups in total. The fraction of sp³-hybridized carbons (Fsp3) is 0.115. The number of amides is 2. The minimum absolute atomic E-state index is 0.0189. The number of hydrogen-bond acceptors (Lipinski definition) is 5. The average molecular weight is 456 g/mol. The van der Waals surface area contributed by atoms with E-state index in [9.17, 15) is 9.59 Å². The molecule has 33 heavy (non-hydrogen) atoms. The Hall–Kier alpha value is -3.97. The first-order valence-electron chi connectivity index (χ1n) is 10.5. The second-order valence-corrected chi connectivity index (χ2v) is 8.65. The maximum atomic E-state index is 12.6. The summed E-state index contributed by atoms with van der Waals surface area (Å²) in [6, 6.07) is 22.9. The Kier molecular flexibility index (Phi) is 5.62. The minimum Gasteiger partial charge on any atom is -0.482 e. The van der Waals surface area contributed by atoms with Gasteiger partial charge in [0.1, 0.15) is 5.75 Å². The number of hydrogen-bond donors (Lipinski definition) is 1. The SMILES string of the molecule is Cc1ccc(C(=O)Nc2nc(-c3ccc4c(c3)N(Cc3ccccc3)C(=O)CO4)cs2)cc1. The first kappa shape index (κ1) is 20.9. The van der Waals surface area contributed by atoms with Gasteiger partial charge in [0.25, 0.3) is 11.8 Å². The molecular weight excluding hydrogens is 434 g/mol. The van der Waals surface area contributed by atoms with Crippen LogP contribution < -0.4 is 15.0 Å². The van der Waals surface area contributed by atoms with Crippen molar-refractivity contribution in [1.82, 2.24) is 4.98 Å². The normalized spacial score (nSPS) is 12.8. The van der Waals surface area contributed by atoms with Crippen LogP contribution in [-0.2, 0) is 11.3 Å². The summed E-state index contributed by atoms with van der Waals surface area (Å²) in [6.45, 7) is 2.46. The predicted molar refractivity (Wildman–Crippen MR) is 130 cm³/mol. The van der Waals surface area contributed by atoms with Crippen LogP contribution in [0.15, 0.2) is 78.2 Å². The number of thiazole rings is 1. The Labute approximate surface area is 195 Å². The lowest BCUT2D eigenvalue weighted by atomic mass is 10.1. The molecule has 0 atom stereocenters. The number of nitrogens with one attached hydrogen (secondary N) is 1. The summed E-state index contributed by atoms with van der Waals surface area (Å²) in [7, 11) is 0. The van der Waals surface area contributed by atoms with Crippen molar-refractivity contribution >= 4 is 34.0 Å². The number of benzene rings is 3. The summed E-state index contributed by atoms with van der Waals surface area (Å²) in [5.41, 5.74) is 5.00. The van der Waals surface area contributed by atoms with Gasteiger partial charge in [-0.25, -0.2) is 4.98 Å². The first-order valence-corrected chi connectivity index (χ1v) is 11.4. The van der Waals surface area contributed by atoms with Gasteiger partial charge < -0.3 is 9.64 Å². The molecule has 2 amide bonds. The molecule has 7 heteroatoms. The molecule has 0 fully saturated rings. The molecule has 0 aliphatic carbocycles. The molecule has 5 rings (SSSR count). The van der Waals surface area contributed by atoms with Gasteiger partial charge in [0, 0.05) is 16.5 Å². The highest BCUT2D eigenvalue weighted by Crippen LogP contribution is 2.37. The minimum atomic E-state index is -0.200. The average Bonchev–Trinajstić information content (AvgIpc) is 3.30. The number of nitrogens with zero attached hydrogens (tertiary/aromatic N) is 2. The molecule has 0 saturated heterocycles. The van der Waals surface area contributed by atoms with Gasteiger partial charge in [-0.3, -0.25) is 14.9 Å². The third-order valence-electron chi connectivity index (χ3n) is 5.42. The zero-order valence-electron chi connectivity index (χ0n) is 17.9. The van der Waals surface area contributed by atoms with Crippen LogP contribution in [0.4, 0.5) is 10.8 Å². The maximum Gasteiger partial charge on any atom is 0.265 e. The van der Waals surface area contributed by atoms with Crippen LogP contribution in [0.5, 0.6) is 5.75 Å². The molecule has 4 aromatic rings. The van der Waals surface area contributed by atoms with Gasteiger partial charge in [-0.15, -0.1) is 11.3 Å². The molecule has 3 aromatic carbocycles. The maximum absolute atomic E-state index is 12.6. The van der Waals surface area contributed by atoms with Crippen LogP contribution in [0.2, 0.25) is 0 Å². The Morgan fingerprint density at radius 3 is 2.67 bits per heavy atom. The van der Waals surface area contributed by atoms with E-state index in [1.54, 1.807) is 17.0 Å². The lowest BCUT2D eigenvalue weighted by Gasteiger charge is -2.29. The number of anilines is 2. The number of aryl methyl sites for hydroxylation is 1. The number of carbonyl (C=O) groups excluding carboxylic acids is 2. The highest BCUT2D eigenvalue weighted by atomic mass is 32.1. The molecule has 0 radical (unpaired) electrons. The zero-order chi connectivity index (χ0) is 22.8. The highest BCUT2D eigenvalue weighted by molar-refractivity contribution is 7.14. The van der Waals surface area contributed by atoms with Crippen molar-refractivity contribution in [1.29, 1.82) is 0 Å². The summed E-state index contributed by atoms with van der Waals surface area (Å²) in [5.74, 6) is 0.375. The lowest BCUT2D eigenvalue weighted by Crippen LogP contribution is -2.38. The number of fused-ring (bicyclic) bond motifs is 1. The number of rotatable bonds is 5. The van der Waals surface area contributed by atoms with Gasteiger partial charge in [0.15, 0.2) is 11.7 Å². The van der Waals surface area contributed by atoms with Crippen molar-refractivity contribution in [2.24, 2.45) is 0 Å². The first-order chi connectivity index (χ1) is 16.1. The Morgan fingerprint density at radius 1 is 1.09 bits per heavy atom. The summed E-state index contributed by atoms with van der Waals surface area (Å²) in [6.07, 6.45) is 0. The van der Waals surface area contributed by atoms with Gasteiger partial charge in [0.2, 0.25) is 0 Å². The molecular formula is C26H21N3O3S. The van der Waals surface area contributed by atoms with E-state index in [4.69, 9.17) is 4.74 Å². The second kappa shape index (κ2) is 8.88. The molecule has 1 aliphatic rings. The largest absolute Gasteiger partial charge is 0.482 e. The van der Waals surface area contributed by atoms with E-state index in [1.165, 1.54) is 11.3 Å². The van der Waals surface area contributed by atoms with Crippen molar-refractivity contribution in [3.05, 3.63) is 94.9 Å². The van der Waals surface area contributed by atoms with Crippen LogP contribution in [-0.4, -0.2) is 23.4 Å². The van der Waals surface area contributed by atoms with Crippen LogP contribution in [0, 0.1) is 6.92 Å². The predicted octanol–water partition coefficient (Wildman–Crippen LogP) is 5.30. The smallest absolute Gasteiger partial charge is 0.265 e. The molecule has 1 aliphatic heterocycles. The molecule has 1 aromatic heterocycles. The molecule has 6 nitrogen and oxygen atoms in total. The third kappa shape index (κ3) is 4.49. The highest BCUT2D eigenvalue weighted by Gasteiger charge is 2.26.